The maximum Gasteiger partial charge on any atom is 0.226 e. The Kier molecular flexibility index (Phi) is 2.01. The van der Waals surface area contributed by atoms with E-state index in [1.165, 1.54) is 19.3 Å². The molecular formula is C13H18BrNO. The second-order valence-corrected chi connectivity index (χ2v) is 7.48. The van der Waals surface area contributed by atoms with E-state index in [1.807, 2.05) is 0 Å². The fourth-order valence-corrected chi connectivity index (χ4v) is 5.34. The van der Waals surface area contributed by atoms with Gasteiger partial charge in [-0.15, -0.1) is 0 Å². The number of carbonyl (C=O) groups is 1. The molecule has 1 saturated heterocycles. The summed E-state index contributed by atoms with van der Waals surface area (Å²) in [4.78, 5) is 15.1. The summed E-state index contributed by atoms with van der Waals surface area (Å²) in [6.07, 6.45) is 5.41. The summed E-state index contributed by atoms with van der Waals surface area (Å²) >= 11 is 3.62. The number of likely N-dealkylation sites (tertiary alicyclic amines) is 1. The summed E-state index contributed by atoms with van der Waals surface area (Å²) in [5, 5.41) is 0. The van der Waals surface area contributed by atoms with Crippen LogP contribution in [0.15, 0.2) is 0 Å². The molecule has 2 bridgehead atoms. The number of alkyl halides is 1. The Morgan fingerprint density at radius 2 is 1.81 bits per heavy atom. The highest BCUT2D eigenvalue weighted by molar-refractivity contribution is 9.09. The highest BCUT2D eigenvalue weighted by Gasteiger charge is 2.68. The molecule has 0 N–H and O–H groups in total. The van der Waals surface area contributed by atoms with Gasteiger partial charge in [-0.05, 0) is 49.4 Å². The molecule has 0 aromatic heterocycles. The molecule has 16 heavy (non-hydrogen) atoms. The third-order valence-corrected chi connectivity index (χ3v) is 6.21. The van der Waals surface area contributed by atoms with Crippen LogP contribution >= 0.6 is 15.9 Å². The minimum atomic E-state index is 0.448. The summed E-state index contributed by atoms with van der Waals surface area (Å²) in [5.74, 6) is 4.40. The van der Waals surface area contributed by atoms with Crippen LogP contribution < -0.4 is 0 Å². The molecule has 2 nitrogen and oxygen atoms in total. The quantitative estimate of drug-likeness (QED) is 0.676. The maximum atomic E-state index is 12.4. The van der Waals surface area contributed by atoms with Crippen molar-refractivity contribution in [2.24, 2.45) is 29.6 Å². The van der Waals surface area contributed by atoms with Gasteiger partial charge in [0.2, 0.25) is 5.91 Å². The van der Waals surface area contributed by atoms with Gasteiger partial charge >= 0.3 is 0 Å². The van der Waals surface area contributed by atoms with Gasteiger partial charge in [-0.3, -0.25) is 4.79 Å². The van der Waals surface area contributed by atoms with Crippen molar-refractivity contribution in [3.63, 3.8) is 0 Å². The number of hydrogen-bond acceptors (Lipinski definition) is 1. The molecule has 3 aliphatic carbocycles. The highest BCUT2D eigenvalue weighted by atomic mass is 79.9. The standard InChI is InChI=1S/C13H18BrNO/c14-9-3-4-15(6-9)13(16)12-10-7-1-2-8(5-7)11(10)12/h7-12H,1-6H2. The lowest BCUT2D eigenvalue weighted by molar-refractivity contribution is -0.132. The maximum absolute atomic E-state index is 12.4. The SMILES string of the molecule is O=C(C1C2C3CCC(C3)C12)N1CCC(Br)C1. The molecule has 4 rings (SSSR count). The zero-order valence-corrected chi connectivity index (χ0v) is 11.0. The van der Waals surface area contributed by atoms with Crippen LogP contribution in [0.3, 0.4) is 0 Å². The fourth-order valence-electron chi connectivity index (χ4n) is 4.78. The fraction of sp³-hybridized carbons (Fsp3) is 0.923. The average molecular weight is 284 g/mol. The Morgan fingerprint density at radius 1 is 1.12 bits per heavy atom. The summed E-state index contributed by atoms with van der Waals surface area (Å²) < 4.78 is 0. The number of carbonyl (C=O) groups excluding carboxylic acids is 1. The van der Waals surface area contributed by atoms with Crippen molar-refractivity contribution >= 4 is 21.8 Å². The summed E-state index contributed by atoms with van der Waals surface area (Å²) in [6, 6.07) is 0. The topological polar surface area (TPSA) is 20.3 Å². The van der Waals surface area contributed by atoms with Gasteiger partial charge in [0.05, 0.1) is 0 Å². The second kappa shape index (κ2) is 3.24. The third kappa shape index (κ3) is 1.21. The molecule has 0 radical (unpaired) electrons. The van der Waals surface area contributed by atoms with Crippen LogP contribution in [0.25, 0.3) is 0 Å². The van der Waals surface area contributed by atoms with E-state index in [-0.39, 0.29) is 0 Å². The predicted molar refractivity (Wildman–Crippen MR) is 65.2 cm³/mol. The summed E-state index contributed by atoms with van der Waals surface area (Å²) in [6.45, 7) is 1.93. The molecule has 0 aromatic rings. The van der Waals surface area contributed by atoms with Crippen molar-refractivity contribution in [1.82, 2.24) is 4.90 Å². The van der Waals surface area contributed by atoms with E-state index in [1.54, 1.807) is 0 Å². The predicted octanol–water partition coefficient (Wildman–Crippen LogP) is 2.27. The average Bonchev–Trinajstić information content (AvgIpc) is 2.68. The first-order valence-corrected chi connectivity index (χ1v) is 7.60. The Bertz CT molecular complexity index is 329. The van der Waals surface area contributed by atoms with Gasteiger partial charge in [-0.1, -0.05) is 15.9 Å². The normalized spacial score (nSPS) is 53.2. The van der Waals surface area contributed by atoms with Gasteiger partial charge < -0.3 is 4.90 Å². The van der Waals surface area contributed by atoms with E-state index in [4.69, 9.17) is 0 Å². The number of rotatable bonds is 1. The van der Waals surface area contributed by atoms with Crippen molar-refractivity contribution in [2.45, 2.75) is 30.5 Å². The van der Waals surface area contributed by atoms with Crippen molar-refractivity contribution in [3.8, 4) is 0 Å². The molecule has 1 amide bonds. The first-order valence-electron chi connectivity index (χ1n) is 6.68. The van der Waals surface area contributed by atoms with Gasteiger partial charge in [0.15, 0.2) is 0 Å². The minimum absolute atomic E-state index is 0.448. The van der Waals surface area contributed by atoms with Crippen molar-refractivity contribution in [3.05, 3.63) is 0 Å². The van der Waals surface area contributed by atoms with Crippen molar-refractivity contribution < 1.29 is 4.79 Å². The summed E-state index contributed by atoms with van der Waals surface area (Å²) in [7, 11) is 0. The lowest BCUT2D eigenvalue weighted by Gasteiger charge is -2.17. The second-order valence-electron chi connectivity index (χ2n) is 6.18. The third-order valence-electron chi connectivity index (χ3n) is 5.46. The molecule has 88 valence electrons. The van der Waals surface area contributed by atoms with Gasteiger partial charge in [0.25, 0.3) is 0 Å². The molecule has 3 heteroatoms. The lowest BCUT2D eigenvalue weighted by Crippen LogP contribution is -2.32. The number of halogens is 1. The lowest BCUT2D eigenvalue weighted by atomic mass is 10.0. The van der Waals surface area contributed by atoms with Crippen LogP contribution in [0.5, 0.6) is 0 Å². The van der Waals surface area contributed by atoms with Crippen LogP contribution in [-0.4, -0.2) is 28.7 Å². The highest BCUT2D eigenvalue weighted by Crippen LogP contribution is 2.69. The van der Waals surface area contributed by atoms with Crippen LogP contribution in [0.4, 0.5) is 0 Å². The molecule has 1 heterocycles. The minimum Gasteiger partial charge on any atom is -0.341 e. The monoisotopic (exact) mass is 283 g/mol. The smallest absolute Gasteiger partial charge is 0.226 e. The van der Waals surface area contributed by atoms with E-state index < -0.39 is 0 Å². The molecule has 0 spiro atoms. The van der Waals surface area contributed by atoms with Crippen LogP contribution in [-0.2, 0) is 4.79 Å². The molecule has 0 aromatic carbocycles. The Hall–Kier alpha value is -0.0500. The molecule has 1 aliphatic heterocycles. The van der Waals surface area contributed by atoms with Crippen molar-refractivity contribution in [1.29, 1.82) is 0 Å². The molecule has 5 atom stereocenters. The summed E-state index contributed by atoms with van der Waals surface area (Å²) in [5.41, 5.74) is 0. The molecule has 3 saturated carbocycles. The number of nitrogens with zero attached hydrogens (tertiary/aromatic N) is 1. The van der Waals surface area contributed by atoms with Gasteiger partial charge in [0.1, 0.15) is 0 Å². The van der Waals surface area contributed by atoms with Crippen LogP contribution in [0, 0.1) is 29.6 Å². The van der Waals surface area contributed by atoms with Crippen LogP contribution in [0.2, 0.25) is 0 Å². The van der Waals surface area contributed by atoms with E-state index in [2.05, 4.69) is 20.8 Å². The van der Waals surface area contributed by atoms with Gasteiger partial charge in [0, 0.05) is 23.8 Å². The molecule has 4 aliphatic rings. The Labute approximate surface area is 105 Å². The number of fused-ring (bicyclic) bond motifs is 5. The first-order chi connectivity index (χ1) is 7.75. The van der Waals surface area contributed by atoms with Gasteiger partial charge in [-0.25, -0.2) is 0 Å². The van der Waals surface area contributed by atoms with E-state index in [0.29, 0.717) is 16.7 Å². The van der Waals surface area contributed by atoms with Crippen LogP contribution in [0.1, 0.15) is 25.7 Å². The largest absolute Gasteiger partial charge is 0.341 e. The van der Waals surface area contributed by atoms with E-state index in [0.717, 1.165) is 43.2 Å². The van der Waals surface area contributed by atoms with Gasteiger partial charge in [-0.2, -0.15) is 0 Å². The zero-order chi connectivity index (χ0) is 10.9. The van der Waals surface area contributed by atoms with E-state index in [9.17, 15) is 4.79 Å². The first kappa shape index (κ1) is 9.93. The number of amides is 1. The molecule has 5 unspecified atom stereocenters. The molecule has 4 fully saturated rings. The molecular weight excluding hydrogens is 266 g/mol. The Balaban J connectivity index is 1.47. The van der Waals surface area contributed by atoms with E-state index >= 15 is 0 Å². The Morgan fingerprint density at radius 3 is 2.38 bits per heavy atom. The zero-order valence-electron chi connectivity index (χ0n) is 9.44. The van der Waals surface area contributed by atoms with Crippen molar-refractivity contribution in [2.75, 3.05) is 13.1 Å². The number of hydrogen-bond donors (Lipinski definition) is 0.